The van der Waals surface area contributed by atoms with Crippen molar-refractivity contribution in [3.8, 4) is 0 Å². The molecule has 106 valence electrons. The normalized spacial score (nSPS) is 15.9. The number of rotatable bonds is 4. The summed E-state index contributed by atoms with van der Waals surface area (Å²) >= 11 is 6.13. The van der Waals surface area contributed by atoms with Crippen LogP contribution in [0.2, 0.25) is 0 Å². The number of aromatic nitrogens is 1. The predicted octanol–water partition coefficient (Wildman–Crippen LogP) is 4.60. The molecule has 2 aromatic rings. The van der Waals surface area contributed by atoms with Crippen molar-refractivity contribution in [2.75, 3.05) is 18.5 Å². The molecule has 20 heavy (non-hydrogen) atoms. The summed E-state index contributed by atoms with van der Waals surface area (Å²) in [5.41, 5.74) is 2.18. The number of pyridine rings is 1. The third-order valence-electron chi connectivity index (χ3n) is 4.29. The molecule has 1 fully saturated rings. The number of hydrogen-bond donors (Lipinski definition) is 0. The lowest BCUT2D eigenvalue weighted by atomic mass is 10.1. The zero-order valence-electron chi connectivity index (χ0n) is 12.0. The van der Waals surface area contributed by atoms with Crippen LogP contribution in [0.3, 0.4) is 0 Å². The average molecular weight is 289 g/mol. The van der Waals surface area contributed by atoms with E-state index in [-0.39, 0.29) is 0 Å². The highest BCUT2D eigenvalue weighted by Gasteiger charge is 2.19. The Morgan fingerprint density at radius 2 is 2.00 bits per heavy atom. The number of alkyl halides is 1. The van der Waals surface area contributed by atoms with Gasteiger partial charge in [0.1, 0.15) is 5.82 Å². The number of hydrogen-bond acceptors (Lipinski definition) is 2. The molecule has 0 amide bonds. The molecule has 0 spiro atoms. The van der Waals surface area contributed by atoms with Crippen LogP contribution < -0.4 is 4.90 Å². The number of benzene rings is 1. The van der Waals surface area contributed by atoms with E-state index in [4.69, 9.17) is 16.6 Å². The average Bonchev–Trinajstić information content (AvgIpc) is 2.98. The van der Waals surface area contributed by atoms with E-state index in [1.165, 1.54) is 31.1 Å². The lowest BCUT2D eigenvalue weighted by molar-refractivity contribution is 0.545. The standard InChI is InChI=1S/C17H21ClN2/c1-20(12-13-6-2-3-7-13)17-15(11-18)10-14-8-4-5-9-16(14)19-17/h4-5,8-10,13H,2-3,6-7,11-12H2,1H3. The lowest BCUT2D eigenvalue weighted by Crippen LogP contribution is -2.25. The monoisotopic (exact) mass is 288 g/mol. The summed E-state index contributed by atoms with van der Waals surface area (Å²) in [7, 11) is 2.14. The Balaban J connectivity index is 1.91. The molecule has 1 saturated carbocycles. The maximum atomic E-state index is 6.13. The fourth-order valence-electron chi connectivity index (χ4n) is 3.25. The van der Waals surface area contributed by atoms with Gasteiger partial charge in [0.15, 0.2) is 0 Å². The molecule has 1 heterocycles. The minimum atomic E-state index is 0.516. The number of para-hydroxylation sites is 1. The molecule has 0 radical (unpaired) electrons. The topological polar surface area (TPSA) is 16.1 Å². The van der Waals surface area contributed by atoms with Gasteiger partial charge in [0.05, 0.1) is 11.4 Å². The Labute approximate surface area is 125 Å². The van der Waals surface area contributed by atoms with E-state index in [9.17, 15) is 0 Å². The van der Waals surface area contributed by atoms with Crippen molar-refractivity contribution in [1.82, 2.24) is 4.98 Å². The molecule has 0 bridgehead atoms. The number of nitrogens with zero attached hydrogens (tertiary/aromatic N) is 2. The van der Waals surface area contributed by atoms with E-state index in [2.05, 4.69) is 30.1 Å². The maximum Gasteiger partial charge on any atom is 0.133 e. The van der Waals surface area contributed by atoms with Crippen LogP contribution in [0.1, 0.15) is 31.2 Å². The van der Waals surface area contributed by atoms with Gasteiger partial charge in [0.2, 0.25) is 0 Å². The molecule has 0 unspecified atom stereocenters. The van der Waals surface area contributed by atoms with Gasteiger partial charge in [0, 0.05) is 24.5 Å². The van der Waals surface area contributed by atoms with Crippen LogP contribution >= 0.6 is 11.6 Å². The van der Waals surface area contributed by atoms with Crippen LogP contribution in [0.4, 0.5) is 5.82 Å². The zero-order chi connectivity index (χ0) is 13.9. The third-order valence-corrected chi connectivity index (χ3v) is 4.58. The molecule has 1 aliphatic rings. The molecule has 3 rings (SSSR count). The van der Waals surface area contributed by atoms with Crippen LogP contribution in [0.15, 0.2) is 30.3 Å². The van der Waals surface area contributed by atoms with Gasteiger partial charge < -0.3 is 4.90 Å². The van der Waals surface area contributed by atoms with Crippen LogP contribution in [-0.4, -0.2) is 18.6 Å². The highest BCUT2D eigenvalue weighted by molar-refractivity contribution is 6.17. The van der Waals surface area contributed by atoms with Crippen molar-refractivity contribution in [3.05, 3.63) is 35.9 Å². The van der Waals surface area contributed by atoms with Crippen LogP contribution in [-0.2, 0) is 5.88 Å². The van der Waals surface area contributed by atoms with E-state index in [1.54, 1.807) is 0 Å². The van der Waals surface area contributed by atoms with Crippen molar-refractivity contribution in [2.24, 2.45) is 5.92 Å². The molecule has 0 atom stereocenters. The molecule has 0 N–H and O–H groups in total. The molecule has 0 saturated heterocycles. The van der Waals surface area contributed by atoms with E-state index in [0.717, 1.165) is 29.4 Å². The van der Waals surface area contributed by atoms with Gasteiger partial charge in [-0.2, -0.15) is 0 Å². The maximum absolute atomic E-state index is 6.13. The molecular weight excluding hydrogens is 268 g/mol. The second kappa shape index (κ2) is 6.01. The second-order valence-electron chi connectivity index (χ2n) is 5.83. The molecule has 1 aromatic heterocycles. The first kappa shape index (κ1) is 13.7. The fourth-order valence-corrected chi connectivity index (χ4v) is 3.44. The Morgan fingerprint density at radius 1 is 1.25 bits per heavy atom. The Kier molecular flexibility index (Phi) is 4.11. The molecule has 1 aliphatic carbocycles. The molecule has 3 heteroatoms. The zero-order valence-corrected chi connectivity index (χ0v) is 12.7. The van der Waals surface area contributed by atoms with Gasteiger partial charge in [0.25, 0.3) is 0 Å². The van der Waals surface area contributed by atoms with Gasteiger partial charge in [-0.1, -0.05) is 31.0 Å². The molecule has 2 nitrogen and oxygen atoms in total. The van der Waals surface area contributed by atoms with Crippen molar-refractivity contribution in [2.45, 2.75) is 31.6 Å². The number of anilines is 1. The quantitative estimate of drug-likeness (QED) is 0.764. The minimum absolute atomic E-state index is 0.516. The summed E-state index contributed by atoms with van der Waals surface area (Å²) in [4.78, 5) is 7.12. The first-order valence-corrected chi connectivity index (χ1v) is 7.97. The largest absolute Gasteiger partial charge is 0.359 e. The summed E-state index contributed by atoms with van der Waals surface area (Å²) in [6.45, 7) is 1.09. The van der Waals surface area contributed by atoms with Gasteiger partial charge in [-0.25, -0.2) is 4.98 Å². The van der Waals surface area contributed by atoms with Gasteiger partial charge in [-0.15, -0.1) is 11.6 Å². The van der Waals surface area contributed by atoms with Gasteiger partial charge in [-0.3, -0.25) is 0 Å². The lowest BCUT2D eigenvalue weighted by Gasteiger charge is -2.24. The second-order valence-corrected chi connectivity index (χ2v) is 6.10. The van der Waals surface area contributed by atoms with Crippen molar-refractivity contribution in [1.29, 1.82) is 0 Å². The number of fused-ring (bicyclic) bond motifs is 1. The Bertz CT molecular complexity index is 591. The van der Waals surface area contributed by atoms with E-state index < -0.39 is 0 Å². The van der Waals surface area contributed by atoms with Crippen molar-refractivity contribution in [3.63, 3.8) is 0 Å². The van der Waals surface area contributed by atoms with Gasteiger partial charge >= 0.3 is 0 Å². The van der Waals surface area contributed by atoms with Gasteiger partial charge in [-0.05, 0) is 30.9 Å². The highest BCUT2D eigenvalue weighted by atomic mass is 35.5. The van der Waals surface area contributed by atoms with Crippen molar-refractivity contribution >= 4 is 28.3 Å². The van der Waals surface area contributed by atoms with E-state index in [0.29, 0.717) is 5.88 Å². The first-order chi connectivity index (χ1) is 9.78. The highest BCUT2D eigenvalue weighted by Crippen LogP contribution is 2.29. The summed E-state index contributed by atoms with van der Waals surface area (Å²) in [6.07, 6.45) is 5.47. The van der Waals surface area contributed by atoms with E-state index in [1.807, 2.05) is 12.1 Å². The third kappa shape index (κ3) is 2.76. The number of halogens is 1. The smallest absolute Gasteiger partial charge is 0.133 e. The molecule has 1 aromatic carbocycles. The van der Waals surface area contributed by atoms with Crippen molar-refractivity contribution < 1.29 is 0 Å². The molecular formula is C17H21ClN2. The van der Waals surface area contributed by atoms with Crippen LogP contribution in [0.5, 0.6) is 0 Å². The summed E-state index contributed by atoms with van der Waals surface area (Å²) in [5, 5.41) is 1.17. The van der Waals surface area contributed by atoms with E-state index >= 15 is 0 Å². The summed E-state index contributed by atoms with van der Waals surface area (Å²) in [5.74, 6) is 2.38. The minimum Gasteiger partial charge on any atom is -0.359 e. The fraction of sp³-hybridized carbons (Fsp3) is 0.471. The SMILES string of the molecule is CN(CC1CCCC1)c1nc2ccccc2cc1CCl. The predicted molar refractivity (Wildman–Crippen MR) is 86.5 cm³/mol. The van der Waals surface area contributed by atoms with Crippen LogP contribution in [0, 0.1) is 5.92 Å². The first-order valence-electron chi connectivity index (χ1n) is 7.43. The Morgan fingerprint density at radius 3 is 2.75 bits per heavy atom. The van der Waals surface area contributed by atoms with Crippen LogP contribution in [0.25, 0.3) is 10.9 Å². The Hall–Kier alpha value is -1.28. The summed E-state index contributed by atoms with van der Waals surface area (Å²) in [6, 6.07) is 10.4. The molecule has 0 aliphatic heterocycles. The summed E-state index contributed by atoms with van der Waals surface area (Å²) < 4.78 is 0.